The number of ether oxygens (including phenoxy) is 1. The van der Waals surface area contributed by atoms with Crippen molar-refractivity contribution in [2.45, 2.75) is 31.5 Å². The van der Waals surface area contributed by atoms with Gasteiger partial charge in [0.25, 0.3) is 0 Å². The first-order valence-electron chi connectivity index (χ1n) is 5.83. The number of likely N-dealkylation sites (tertiary alicyclic amines) is 1. The van der Waals surface area contributed by atoms with Crippen molar-refractivity contribution in [3.05, 3.63) is 0 Å². The van der Waals surface area contributed by atoms with E-state index in [1.54, 1.807) is 0 Å². The van der Waals surface area contributed by atoms with Gasteiger partial charge in [0.1, 0.15) is 0 Å². The maximum absolute atomic E-state index is 11.9. The van der Waals surface area contributed by atoms with Crippen molar-refractivity contribution in [2.24, 2.45) is 0 Å². The number of aliphatic hydroxyl groups excluding tert-OH is 1. The predicted octanol–water partition coefficient (Wildman–Crippen LogP) is -1.17. The monoisotopic (exact) mass is 242 g/mol. The zero-order valence-corrected chi connectivity index (χ0v) is 10.1. The average Bonchev–Trinajstić information content (AvgIpc) is 2.58. The normalized spacial score (nSPS) is 35.7. The van der Waals surface area contributed by atoms with Crippen molar-refractivity contribution in [2.75, 3.05) is 26.8 Å². The first-order valence-corrected chi connectivity index (χ1v) is 5.83. The molecule has 2 saturated heterocycles. The molecule has 2 heterocycles. The molecule has 0 aromatic heterocycles. The molecule has 6 heteroatoms. The Morgan fingerprint density at radius 2 is 2.18 bits per heavy atom. The molecular formula is C11H18N2O4. The SMILES string of the molecule is CC1COC(CO)CN1C1CC(=O)N(C)C1=O. The summed E-state index contributed by atoms with van der Waals surface area (Å²) >= 11 is 0. The Kier molecular flexibility index (Phi) is 3.46. The van der Waals surface area contributed by atoms with Crippen molar-refractivity contribution >= 4 is 11.8 Å². The van der Waals surface area contributed by atoms with Crippen molar-refractivity contribution < 1.29 is 19.4 Å². The largest absolute Gasteiger partial charge is 0.394 e. The molecule has 2 fully saturated rings. The fourth-order valence-electron chi connectivity index (χ4n) is 2.38. The van der Waals surface area contributed by atoms with Crippen LogP contribution in [0.3, 0.4) is 0 Å². The molecule has 6 nitrogen and oxygen atoms in total. The molecule has 0 aromatic rings. The molecule has 96 valence electrons. The molecule has 3 atom stereocenters. The van der Waals surface area contributed by atoms with Gasteiger partial charge in [-0.1, -0.05) is 0 Å². The molecule has 1 N–H and O–H groups in total. The number of rotatable bonds is 2. The van der Waals surface area contributed by atoms with Gasteiger partial charge in [-0.05, 0) is 6.92 Å². The minimum absolute atomic E-state index is 0.0616. The summed E-state index contributed by atoms with van der Waals surface area (Å²) in [4.78, 5) is 26.6. The maximum Gasteiger partial charge on any atom is 0.246 e. The van der Waals surface area contributed by atoms with Gasteiger partial charge in [-0.2, -0.15) is 0 Å². The Labute approximate surface area is 100 Å². The van der Waals surface area contributed by atoms with Gasteiger partial charge in [-0.3, -0.25) is 19.4 Å². The molecule has 2 aliphatic rings. The van der Waals surface area contributed by atoms with Crippen molar-refractivity contribution in [3.63, 3.8) is 0 Å². The first kappa shape index (κ1) is 12.5. The van der Waals surface area contributed by atoms with E-state index in [1.165, 1.54) is 11.9 Å². The number of carbonyl (C=O) groups is 2. The highest BCUT2D eigenvalue weighted by Crippen LogP contribution is 2.23. The Morgan fingerprint density at radius 1 is 1.47 bits per heavy atom. The van der Waals surface area contributed by atoms with Gasteiger partial charge in [0.2, 0.25) is 11.8 Å². The van der Waals surface area contributed by atoms with Crippen LogP contribution in [0.1, 0.15) is 13.3 Å². The summed E-state index contributed by atoms with van der Waals surface area (Å²) in [5.74, 6) is -0.292. The highest BCUT2D eigenvalue weighted by molar-refractivity contribution is 6.05. The van der Waals surface area contributed by atoms with Gasteiger partial charge in [0.05, 0.1) is 31.8 Å². The van der Waals surface area contributed by atoms with E-state index in [9.17, 15) is 9.59 Å². The van der Waals surface area contributed by atoms with Crippen LogP contribution >= 0.6 is 0 Å². The molecule has 0 bridgehead atoms. The van der Waals surface area contributed by atoms with E-state index in [0.717, 1.165) is 0 Å². The van der Waals surface area contributed by atoms with Crippen LogP contribution in [0.25, 0.3) is 0 Å². The third-order valence-corrected chi connectivity index (χ3v) is 3.52. The van der Waals surface area contributed by atoms with Gasteiger partial charge in [-0.15, -0.1) is 0 Å². The molecule has 3 unspecified atom stereocenters. The Hall–Kier alpha value is -0.980. The van der Waals surface area contributed by atoms with Crippen LogP contribution < -0.4 is 0 Å². The number of hydrogen-bond donors (Lipinski definition) is 1. The molecule has 0 radical (unpaired) electrons. The summed E-state index contributed by atoms with van der Waals surface area (Å²) in [5, 5.41) is 9.09. The number of morpholine rings is 1. The Morgan fingerprint density at radius 3 is 2.71 bits per heavy atom. The minimum atomic E-state index is -0.388. The number of amides is 2. The van der Waals surface area contributed by atoms with Gasteiger partial charge in [0, 0.05) is 19.6 Å². The molecule has 0 saturated carbocycles. The lowest BCUT2D eigenvalue weighted by molar-refractivity contribution is -0.141. The van der Waals surface area contributed by atoms with E-state index in [2.05, 4.69) is 0 Å². The van der Waals surface area contributed by atoms with Crippen LogP contribution in [0.2, 0.25) is 0 Å². The fourth-order valence-corrected chi connectivity index (χ4v) is 2.38. The molecule has 0 aliphatic carbocycles. The third kappa shape index (κ3) is 2.20. The summed E-state index contributed by atoms with van der Waals surface area (Å²) in [6, 6.07) is -0.300. The van der Waals surface area contributed by atoms with E-state index in [4.69, 9.17) is 9.84 Å². The minimum Gasteiger partial charge on any atom is -0.394 e. The molecular weight excluding hydrogens is 224 g/mol. The summed E-state index contributed by atoms with van der Waals surface area (Å²) in [6.07, 6.45) is -0.0299. The lowest BCUT2D eigenvalue weighted by atomic mass is 10.1. The van der Waals surface area contributed by atoms with Crippen LogP contribution in [0.4, 0.5) is 0 Å². The first-order chi connectivity index (χ1) is 8.04. The topological polar surface area (TPSA) is 70.1 Å². The van der Waals surface area contributed by atoms with Gasteiger partial charge < -0.3 is 9.84 Å². The summed E-state index contributed by atoms with van der Waals surface area (Å²) in [6.45, 7) is 2.87. The smallest absolute Gasteiger partial charge is 0.246 e. The second-order valence-corrected chi connectivity index (χ2v) is 4.69. The average molecular weight is 242 g/mol. The predicted molar refractivity (Wildman–Crippen MR) is 59.2 cm³/mol. The van der Waals surface area contributed by atoms with Gasteiger partial charge in [0.15, 0.2) is 0 Å². The lowest BCUT2D eigenvalue weighted by Gasteiger charge is -2.39. The van der Waals surface area contributed by atoms with Crippen molar-refractivity contribution in [3.8, 4) is 0 Å². The molecule has 0 aromatic carbocycles. The number of hydrogen-bond acceptors (Lipinski definition) is 5. The number of aliphatic hydroxyl groups is 1. The number of likely N-dealkylation sites (N-methyl/N-ethyl adjacent to an activating group) is 1. The Balaban J connectivity index is 2.10. The molecule has 2 aliphatic heterocycles. The second-order valence-electron chi connectivity index (χ2n) is 4.69. The summed E-state index contributed by atoms with van der Waals surface area (Å²) in [7, 11) is 1.51. The lowest BCUT2D eigenvalue weighted by Crippen LogP contribution is -2.55. The van der Waals surface area contributed by atoms with E-state index in [1.807, 2.05) is 11.8 Å². The van der Waals surface area contributed by atoms with E-state index in [0.29, 0.717) is 13.2 Å². The van der Waals surface area contributed by atoms with Crippen LogP contribution in [-0.4, -0.2) is 71.7 Å². The standard InChI is InChI=1S/C11H18N2O4/c1-7-6-17-8(5-14)4-13(7)9-3-10(15)12(2)11(9)16/h7-9,14H,3-6H2,1-2H3. The fraction of sp³-hybridized carbons (Fsp3) is 0.818. The summed E-state index contributed by atoms with van der Waals surface area (Å²) in [5.41, 5.74) is 0. The summed E-state index contributed by atoms with van der Waals surface area (Å²) < 4.78 is 5.42. The maximum atomic E-state index is 11.9. The molecule has 2 amide bonds. The van der Waals surface area contributed by atoms with Crippen molar-refractivity contribution in [1.29, 1.82) is 0 Å². The van der Waals surface area contributed by atoms with E-state index >= 15 is 0 Å². The Bertz CT molecular complexity index is 333. The second kappa shape index (κ2) is 4.72. The molecule has 2 rings (SSSR count). The number of carbonyl (C=O) groups excluding carboxylic acids is 2. The van der Waals surface area contributed by atoms with Gasteiger partial charge >= 0.3 is 0 Å². The quantitative estimate of drug-likeness (QED) is 0.618. The zero-order chi connectivity index (χ0) is 12.6. The zero-order valence-electron chi connectivity index (χ0n) is 10.1. The number of nitrogens with zero attached hydrogens (tertiary/aromatic N) is 2. The van der Waals surface area contributed by atoms with Crippen LogP contribution in [0.5, 0.6) is 0 Å². The molecule has 0 spiro atoms. The highest BCUT2D eigenvalue weighted by Gasteiger charge is 2.43. The molecule has 17 heavy (non-hydrogen) atoms. The van der Waals surface area contributed by atoms with Crippen LogP contribution in [0, 0.1) is 0 Å². The van der Waals surface area contributed by atoms with E-state index < -0.39 is 0 Å². The van der Waals surface area contributed by atoms with Crippen LogP contribution in [0.15, 0.2) is 0 Å². The van der Waals surface area contributed by atoms with Crippen LogP contribution in [-0.2, 0) is 14.3 Å². The highest BCUT2D eigenvalue weighted by atomic mass is 16.5. The van der Waals surface area contributed by atoms with Gasteiger partial charge in [-0.25, -0.2) is 0 Å². The van der Waals surface area contributed by atoms with Crippen molar-refractivity contribution in [1.82, 2.24) is 9.80 Å². The third-order valence-electron chi connectivity index (χ3n) is 3.52. The van der Waals surface area contributed by atoms with E-state index in [-0.39, 0.29) is 43.0 Å². The number of imide groups is 1.